The van der Waals surface area contributed by atoms with E-state index in [0.717, 1.165) is 11.4 Å². The number of hydrogen-bond acceptors (Lipinski definition) is 5. The first kappa shape index (κ1) is 15.8. The minimum atomic E-state index is -0.0556. The van der Waals surface area contributed by atoms with Crippen LogP contribution >= 0.6 is 0 Å². The van der Waals surface area contributed by atoms with E-state index in [9.17, 15) is 5.26 Å². The summed E-state index contributed by atoms with van der Waals surface area (Å²) in [6.07, 6.45) is 5.29. The lowest BCUT2D eigenvalue weighted by molar-refractivity contribution is 0.550. The third-order valence-corrected chi connectivity index (χ3v) is 4.35. The summed E-state index contributed by atoms with van der Waals surface area (Å²) < 4.78 is 9.89. The largest absolute Gasteiger partial charge is 0.453 e. The molecule has 0 radical (unpaired) electrons. The second-order valence-electron chi connectivity index (χ2n) is 5.96. The molecule has 1 aromatic carbocycles. The Labute approximate surface area is 150 Å². The van der Waals surface area contributed by atoms with Crippen LogP contribution in [-0.2, 0) is 7.05 Å². The number of nitriles is 1. The molecule has 4 aromatic rings. The van der Waals surface area contributed by atoms with Gasteiger partial charge in [0.2, 0.25) is 0 Å². The molecule has 7 nitrogen and oxygen atoms in total. The van der Waals surface area contributed by atoms with Crippen molar-refractivity contribution in [1.29, 1.82) is 5.26 Å². The minimum absolute atomic E-state index is 0.0556. The van der Waals surface area contributed by atoms with E-state index in [0.29, 0.717) is 22.9 Å². The highest BCUT2D eigenvalue weighted by Gasteiger charge is 2.20. The number of imidazole rings is 1. The maximum absolute atomic E-state index is 9.30. The van der Waals surface area contributed by atoms with Gasteiger partial charge in [0.25, 0.3) is 0 Å². The molecule has 0 N–H and O–H groups in total. The lowest BCUT2D eigenvalue weighted by Gasteiger charge is -2.14. The van der Waals surface area contributed by atoms with Crippen LogP contribution in [0.2, 0.25) is 0 Å². The molecule has 128 valence electrons. The summed E-state index contributed by atoms with van der Waals surface area (Å²) in [7, 11) is 1.91. The third kappa shape index (κ3) is 2.58. The second kappa shape index (κ2) is 6.33. The zero-order valence-electron chi connectivity index (χ0n) is 14.4. The summed E-state index contributed by atoms with van der Waals surface area (Å²) in [6, 6.07) is 13.2. The van der Waals surface area contributed by atoms with Crippen LogP contribution in [0.15, 0.2) is 59.5 Å². The van der Waals surface area contributed by atoms with E-state index in [4.69, 9.17) is 4.42 Å². The first-order chi connectivity index (χ1) is 12.7. The van der Waals surface area contributed by atoms with Crippen molar-refractivity contribution in [3.8, 4) is 29.0 Å². The smallest absolute Gasteiger partial charge is 0.176 e. The molecule has 0 aliphatic heterocycles. The third-order valence-electron chi connectivity index (χ3n) is 4.35. The van der Waals surface area contributed by atoms with Crippen LogP contribution in [0, 0.1) is 11.3 Å². The van der Waals surface area contributed by atoms with Crippen LogP contribution in [0.5, 0.6) is 0 Å². The van der Waals surface area contributed by atoms with Crippen LogP contribution < -0.4 is 0 Å². The summed E-state index contributed by atoms with van der Waals surface area (Å²) in [4.78, 5) is 4.44. The highest BCUT2D eigenvalue weighted by atomic mass is 16.3. The van der Waals surface area contributed by atoms with Crippen molar-refractivity contribution in [2.24, 2.45) is 7.05 Å². The second-order valence-corrected chi connectivity index (χ2v) is 5.96. The van der Waals surface area contributed by atoms with Crippen LogP contribution in [0.1, 0.15) is 24.4 Å². The predicted octanol–water partition coefficient (Wildman–Crippen LogP) is 3.42. The molecule has 3 heterocycles. The van der Waals surface area contributed by atoms with Gasteiger partial charge in [0.1, 0.15) is 12.1 Å². The standard InChI is InChI=1S/C19H16N6O/c1-13(18-23-22-12-24(18)2)25-10-9-21-19(25)17-8-7-16(26-17)15-6-4-3-5-14(15)11-20/h3-10,12-13H,1-2H3. The van der Waals surface area contributed by atoms with E-state index in [1.165, 1.54) is 0 Å². The summed E-state index contributed by atoms with van der Waals surface area (Å²) in [6.45, 7) is 2.03. The molecule has 1 atom stereocenters. The first-order valence-electron chi connectivity index (χ1n) is 8.15. The molecule has 26 heavy (non-hydrogen) atoms. The molecule has 0 aliphatic carbocycles. The van der Waals surface area contributed by atoms with Gasteiger partial charge in [0.05, 0.1) is 17.7 Å². The number of rotatable bonds is 4. The Morgan fingerprint density at radius 2 is 1.96 bits per heavy atom. The topological polar surface area (TPSA) is 85.5 Å². The molecule has 0 aliphatic rings. The minimum Gasteiger partial charge on any atom is -0.453 e. The highest BCUT2D eigenvalue weighted by molar-refractivity contribution is 5.68. The van der Waals surface area contributed by atoms with Crippen molar-refractivity contribution in [2.75, 3.05) is 0 Å². The summed E-state index contributed by atoms with van der Waals surface area (Å²) in [5.74, 6) is 2.79. The zero-order chi connectivity index (χ0) is 18.1. The number of aryl methyl sites for hydroxylation is 1. The maximum Gasteiger partial charge on any atom is 0.176 e. The monoisotopic (exact) mass is 344 g/mol. The van der Waals surface area contributed by atoms with Gasteiger partial charge in [-0.1, -0.05) is 12.1 Å². The normalized spacial score (nSPS) is 12.0. The van der Waals surface area contributed by atoms with E-state index in [1.807, 2.05) is 59.6 Å². The molecule has 0 fully saturated rings. The van der Waals surface area contributed by atoms with E-state index in [2.05, 4.69) is 21.3 Å². The maximum atomic E-state index is 9.30. The number of benzene rings is 1. The Balaban J connectivity index is 1.73. The van der Waals surface area contributed by atoms with E-state index in [-0.39, 0.29) is 6.04 Å². The average Bonchev–Trinajstić information content (AvgIpc) is 3.40. The fraction of sp³-hybridized carbons (Fsp3) is 0.158. The van der Waals surface area contributed by atoms with E-state index < -0.39 is 0 Å². The molecule has 0 spiro atoms. The Morgan fingerprint density at radius 3 is 2.73 bits per heavy atom. The molecule has 7 heteroatoms. The lowest BCUT2D eigenvalue weighted by atomic mass is 10.1. The van der Waals surface area contributed by atoms with Crippen molar-refractivity contribution in [3.05, 3.63) is 66.5 Å². The Bertz CT molecular complexity index is 1100. The van der Waals surface area contributed by atoms with Gasteiger partial charge in [-0.2, -0.15) is 5.26 Å². The molecular formula is C19H16N6O. The molecule has 0 saturated heterocycles. The van der Waals surface area contributed by atoms with Crippen molar-refractivity contribution in [1.82, 2.24) is 24.3 Å². The van der Waals surface area contributed by atoms with Gasteiger partial charge in [0.15, 0.2) is 17.4 Å². The Morgan fingerprint density at radius 1 is 1.15 bits per heavy atom. The van der Waals surface area contributed by atoms with E-state index in [1.54, 1.807) is 18.6 Å². The van der Waals surface area contributed by atoms with E-state index >= 15 is 0 Å². The molecule has 4 rings (SSSR count). The SMILES string of the molecule is CC(c1nncn1C)n1ccnc1-c1ccc(-c2ccccc2C#N)o1. The lowest BCUT2D eigenvalue weighted by Crippen LogP contribution is -2.12. The van der Waals surface area contributed by atoms with Crippen LogP contribution in [-0.4, -0.2) is 24.3 Å². The van der Waals surface area contributed by atoms with Gasteiger partial charge < -0.3 is 13.6 Å². The molecule has 0 bridgehead atoms. The van der Waals surface area contributed by atoms with Gasteiger partial charge in [-0.15, -0.1) is 10.2 Å². The molecule has 0 amide bonds. The van der Waals surface area contributed by atoms with Crippen molar-refractivity contribution in [2.45, 2.75) is 13.0 Å². The molecule has 1 unspecified atom stereocenters. The molecule has 0 saturated carbocycles. The van der Waals surface area contributed by atoms with Crippen molar-refractivity contribution < 1.29 is 4.42 Å². The van der Waals surface area contributed by atoms with Gasteiger partial charge in [0, 0.05) is 25.0 Å². The van der Waals surface area contributed by atoms with Gasteiger partial charge in [-0.3, -0.25) is 0 Å². The van der Waals surface area contributed by atoms with Gasteiger partial charge in [-0.05, 0) is 31.2 Å². The van der Waals surface area contributed by atoms with Gasteiger partial charge >= 0.3 is 0 Å². The van der Waals surface area contributed by atoms with Crippen LogP contribution in [0.25, 0.3) is 22.9 Å². The number of hydrogen-bond donors (Lipinski definition) is 0. The number of aromatic nitrogens is 5. The zero-order valence-corrected chi connectivity index (χ0v) is 14.4. The number of furan rings is 1. The van der Waals surface area contributed by atoms with Crippen LogP contribution in [0.4, 0.5) is 0 Å². The van der Waals surface area contributed by atoms with Crippen molar-refractivity contribution in [3.63, 3.8) is 0 Å². The van der Waals surface area contributed by atoms with Gasteiger partial charge in [-0.25, -0.2) is 4.98 Å². The summed E-state index contributed by atoms with van der Waals surface area (Å²) in [5, 5.41) is 17.4. The molecular weight excluding hydrogens is 328 g/mol. The number of nitrogens with zero attached hydrogens (tertiary/aromatic N) is 6. The molecule has 3 aromatic heterocycles. The predicted molar refractivity (Wildman–Crippen MR) is 94.9 cm³/mol. The first-order valence-corrected chi connectivity index (χ1v) is 8.15. The van der Waals surface area contributed by atoms with Crippen molar-refractivity contribution >= 4 is 0 Å². The quantitative estimate of drug-likeness (QED) is 0.566. The Hall–Kier alpha value is -3.66. The Kier molecular flexibility index (Phi) is 3.86. The summed E-state index contributed by atoms with van der Waals surface area (Å²) >= 11 is 0. The summed E-state index contributed by atoms with van der Waals surface area (Å²) in [5.41, 5.74) is 1.34. The van der Waals surface area contributed by atoms with Crippen LogP contribution in [0.3, 0.4) is 0 Å². The fourth-order valence-electron chi connectivity index (χ4n) is 3.01. The fourth-order valence-corrected chi connectivity index (χ4v) is 3.01. The highest BCUT2D eigenvalue weighted by Crippen LogP contribution is 2.31. The average molecular weight is 344 g/mol.